The standard InChI is InChI=1S/C24H17NO4S/c1-14-6-2-3-7-16(14)23(27)25-24-21(15-10-11-18-19(12-15)29-13-28-18)22(26)17-8-4-5-9-20(17)30-24/h2-12H,13H2,1H3,(H,25,27). The average molecular weight is 415 g/mol. The fraction of sp³-hybridized carbons (Fsp3) is 0.0833. The van der Waals surface area contributed by atoms with Crippen LogP contribution in [0.1, 0.15) is 15.9 Å². The molecular weight excluding hydrogens is 398 g/mol. The average Bonchev–Trinajstić information content (AvgIpc) is 3.22. The van der Waals surface area contributed by atoms with Crippen molar-refractivity contribution in [3.8, 4) is 22.6 Å². The number of rotatable bonds is 3. The van der Waals surface area contributed by atoms with Crippen molar-refractivity contribution < 1.29 is 14.3 Å². The molecule has 5 rings (SSSR count). The first-order chi connectivity index (χ1) is 14.6. The number of hydrogen-bond acceptors (Lipinski definition) is 5. The number of hydrogen-bond donors (Lipinski definition) is 1. The van der Waals surface area contributed by atoms with Crippen molar-refractivity contribution in [3.05, 3.63) is 88.1 Å². The second-order valence-electron chi connectivity index (χ2n) is 6.97. The van der Waals surface area contributed by atoms with Crippen LogP contribution in [-0.4, -0.2) is 12.7 Å². The molecule has 3 aromatic carbocycles. The smallest absolute Gasteiger partial charge is 0.256 e. The highest BCUT2D eigenvalue weighted by molar-refractivity contribution is 7.22. The number of ether oxygens (including phenoxy) is 2. The summed E-state index contributed by atoms with van der Waals surface area (Å²) >= 11 is 1.38. The topological polar surface area (TPSA) is 64.6 Å². The van der Waals surface area contributed by atoms with Crippen LogP contribution in [0, 0.1) is 6.92 Å². The molecule has 4 aromatic rings. The first-order valence-electron chi connectivity index (χ1n) is 9.44. The van der Waals surface area contributed by atoms with Crippen LogP contribution in [0.25, 0.3) is 21.2 Å². The van der Waals surface area contributed by atoms with Crippen molar-refractivity contribution in [1.82, 2.24) is 0 Å². The number of aryl methyl sites for hydroxylation is 1. The molecule has 1 N–H and O–H groups in total. The van der Waals surface area contributed by atoms with E-state index in [1.165, 1.54) is 11.3 Å². The fourth-order valence-electron chi connectivity index (χ4n) is 3.54. The zero-order valence-corrected chi connectivity index (χ0v) is 16.9. The van der Waals surface area contributed by atoms with E-state index >= 15 is 0 Å². The summed E-state index contributed by atoms with van der Waals surface area (Å²) in [6.07, 6.45) is 0. The minimum atomic E-state index is -0.249. The van der Waals surface area contributed by atoms with Crippen LogP contribution in [0.2, 0.25) is 0 Å². The van der Waals surface area contributed by atoms with E-state index in [1.807, 2.05) is 49.4 Å². The molecule has 0 saturated heterocycles. The lowest BCUT2D eigenvalue weighted by atomic mass is 10.0. The lowest BCUT2D eigenvalue weighted by Gasteiger charge is -2.13. The van der Waals surface area contributed by atoms with Crippen LogP contribution in [0.15, 0.2) is 71.5 Å². The monoisotopic (exact) mass is 415 g/mol. The molecule has 30 heavy (non-hydrogen) atoms. The molecule has 0 spiro atoms. The van der Waals surface area contributed by atoms with Gasteiger partial charge in [-0.2, -0.15) is 0 Å². The van der Waals surface area contributed by atoms with Gasteiger partial charge in [0.25, 0.3) is 5.91 Å². The summed E-state index contributed by atoms with van der Waals surface area (Å²) in [7, 11) is 0. The normalized spacial score (nSPS) is 12.2. The maximum absolute atomic E-state index is 13.4. The van der Waals surface area contributed by atoms with E-state index < -0.39 is 0 Å². The molecule has 1 aliphatic rings. The predicted octanol–water partition coefficient (Wildman–Crippen LogP) is 5.22. The Morgan fingerprint density at radius 1 is 0.967 bits per heavy atom. The summed E-state index contributed by atoms with van der Waals surface area (Å²) in [5.41, 5.74) is 2.42. The predicted molar refractivity (Wildman–Crippen MR) is 119 cm³/mol. The van der Waals surface area contributed by atoms with Crippen LogP contribution in [0.4, 0.5) is 5.00 Å². The molecule has 0 fully saturated rings. The van der Waals surface area contributed by atoms with Crippen molar-refractivity contribution in [3.63, 3.8) is 0 Å². The molecule has 1 aliphatic heterocycles. The van der Waals surface area contributed by atoms with Crippen molar-refractivity contribution in [2.75, 3.05) is 12.1 Å². The third-order valence-corrected chi connectivity index (χ3v) is 6.16. The van der Waals surface area contributed by atoms with Crippen molar-refractivity contribution >= 4 is 32.3 Å². The lowest BCUT2D eigenvalue weighted by Crippen LogP contribution is -2.16. The molecule has 0 bridgehead atoms. The Morgan fingerprint density at radius 3 is 2.60 bits per heavy atom. The Hall–Kier alpha value is -3.64. The van der Waals surface area contributed by atoms with Gasteiger partial charge < -0.3 is 14.8 Å². The summed E-state index contributed by atoms with van der Waals surface area (Å²) in [5, 5.41) is 4.09. The second-order valence-corrected chi connectivity index (χ2v) is 8.02. The molecule has 0 aliphatic carbocycles. The highest BCUT2D eigenvalue weighted by Gasteiger charge is 2.21. The summed E-state index contributed by atoms with van der Waals surface area (Å²) in [6.45, 7) is 2.04. The Balaban J connectivity index is 1.69. The maximum atomic E-state index is 13.4. The van der Waals surface area contributed by atoms with E-state index in [0.29, 0.717) is 38.6 Å². The van der Waals surface area contributed by atoms with Crippen LogP contribution in [0.3, 0.4) is 0 Å². The number of fused-ring (bicyclic) bond motifs is 2. The summed E-state index contributed by atoms with van der Waals surface area (Å²) in [5.74, 6) is 0.975. The molecule has 0 saturated carbocycles. The molecule has 1 amide bonds. The molecule has 2 heterocycles. The molecular formula is C24H17NO4S. The molecule has 148 valence electrons. The largest absolute Gasteiger partial charge is 0.454 e. The Kier molecular flexibility index (Phi) is 4.48. The van der Waals surface area contributed by atoms with Crippen LogP contribution in [0.5, 0.6) is 11.5 Å². The Morgan fingerprint density at radius 2 is 1.73 bits per heavy atom. The first kappa shape index (κ1) is 18.4. The fourth-order valence-corrected chi connectivity index (χ4v) is 4.64. The quantitative estimate of drug-likeness (QED) is 0.498. The van der Waals surface area contributed by atoms with Gasteiger partial charge in [0.2, 0.25) is 6.79 Å². The third kappa shape index (κ3) is 3.11. The third-order valence-electron chi connectivity index (χ3n) is 5.08. The van der Waals surface area contributed by atoms with E-state index in [4.69, 9.17) is 9.47 Å². The van der Waals surface area contributed by atoms with E-state index in [-0.39, 0.29) is 18.1 Å². The van der Waals surface area contributed by atoms with Crippen LogP contribution in [-0.2, 0) is 0 Å². The number of amides is 1. The minimum Gasteiger partial charge on any atom is -0.454 e. The van der Waals surface area contributed by atoms with Gasteiger partial charge in [0.05, 0.1) is 5.56 Å². The molecule has 0 atom stereocenters. The highest BCUT2D eigenvalue weighted by atomic mass is 32.1. The number of carbonyl (C=O) groups is 1. The van der Waals surface area contributed by atoms with Crippen molar-refractivity contribution in [2.45, 2.75) is 6.92 Å². The lowest BCUT2D eigenvalue weighted by molar-refractivity contribution is 0.102. The molecule has 0 radical (unpaired) electrons. The van der Waals surface area contributed by atoms with Gasteiger partial charge in [0, 0.05) is 15.6 Å². The second kappa shape index (κ2) is 7.31. The van der Waals surface area contributed by atoms with Gasteiger partial charge in [-0.05, 0) is 48.4 Å². The van der Waals surface area contributed by atoms with E-state index in [9.17, 15) is 9.59 Å². The Labute approximate surface area is 176 Å². The summed E-state index contributed by atoms with van der Waals surface area (Å²) < 4.78 is 11.7. The molecule has 5 nitrogen and oxygen atoms in total. The van der Waals surface area contributed by atoms with Crippen LogP contribution < -0.4 is 20.2 Å². The van der Waals surface area contributed by atoms with Crippen LogP contribution >= 0.6 is 11.3 Å². The number of carbonyl (C=O) groups excluding carboxylic acids is 1. The van der Waals surface area contributed by atoms with Gasteiger partial charge >= 0.3 is 0 Å². The van der Waals surface area contributed by atoms with Gasteiger partial charge in [-0.25, -0.2) is 0 Å². The minimum absolute atomic E-state index is 0.136. The Bertz CT molecular complexity index is 1360. The van der Waals surface area contributed by atoms with E-state index in [2.05, 4.69) is 5.32 Å². The zero-order valence-electron chi connectivity index (χ0n) is 16.1. The van der Waals surface area contributed by atoms with E-state index in [1.54, 1.807) is 24.3 Å². The van der Waals surface area contributed by atoms with Crippen molar-refractivity contribution in [2.24, 2.45) is 0 Å². The SMILES string of the molecule is Cc1ccccc1C(=O)Nc1sc2ccccc2c(=O)c1-c1ccc2c(c1)OCO2. The van der Waals surface area contributed by atoms with Gasteiger partial charge in [-0.3, -0.25) is 9.59 Å². The maximum Gasteiger partial charge on any atom is 0.256 e. The molecule has 1 aromatic heterocycles. The van der Waals surface area contributed by atoms with Crippen molar-refractivity contribution in [1.29, 1.82) is 0 Å². The molecule has 0 unspecified atom stereocenters. The number of benzene rings is 3. The number of nitrogens with one attached hydrogen (secondary N) is 1. The summed E-state index contributed by atoms with van der Waals surface area (Å²) in [4.78, 5) is 26.4. The van der Waals surface area contributed by atoms with Gasteiger partial charge in [0.1, 0.15) is 5.00 Å². The first-order valence-corrected chi connectivity index (χ1v) is 10.3. The number of anilines is 1. The zero-order chi connectivity index (χ0) is 20.7. The highest BCUT2D eigenvalue weighted by Crippen LogP contribution is 2.39. The van der Waals surface area contributed by atoms with Gasteiger partial charge in [0.15, 0.2) is 16.9 Å². The summed E-state index contributed by atoms with van der Waals surface area (Å²) in [6, 6.07) is 20.2. The van der Waals surface area contributed by atoms with Gasteiger partial charge in [-0.15, -0.1) is 11.3 Å². The van der Waals surface area contributed by atoms with Gasteiger partial charge in [-0.1, -0.05) is 36.4 Å². The van der Waals surface area contributed by atoms with E-state index in [0.717, 1.165) is 10.3 Å². The molecule has 6 heteroatoms.